The van der Waals surface area contributed by atoms with Crippen molar-refractivity contribution in [1.82, 2.24) is 4.90 Å². The average molecular weight is 302 g/mol. The van der Waals surface area contributed by atoms with Gasteiger partial charge in [-0.2, -0.15) is 0 Å². The molecule has 22 heavy (non-hydrogen) atoms. The van der Waals surface area contributed by atoms with Crippen molar-refractivity contribution in [2.45, 2.75) is 65.6 Å². The minimum Gasteiger partial charge on any atom is -0.327 e. The molecule has 120 valence electrons. The lowest BCUT2D eigenvalue weighted by atomic mass is 9.99. The van der Waals surface area contributed by atoms with Crippen molar-refractivity contribution in [3.05, 3.63) is 29.8 Å². The number of nitrogens with zero attached hydrogens (tertiary/aromatic N) is 2. The van der Waals surface area contributed by atoms with E-state index in [2.05, 4.69) is 19.9 Å². The Balaban J connectivity index is 2.41. The molecule has 0 bridgehead atoms. The van der Waals surface area contributed by atoms with Gasteiger partial charge in [-0.1, -0.05) is 26.0 Å². The summed E-state index contributed by atoms with van der Waals surface area (Å²) in [6.45, 7) is 11.8. The first-order valence-corrected chi connectivity index (χ1v) is 8.01. The summed E-state index contributed by atoms with van der Waals surface area (Å²) in [7, 11) is 0. The highest BCUT2D eigenvalue weighted by molar-refractivity contribution is 6.08. The molecule has 1 aromatic carbocycles. The minimum absolute atomic E-state index is 0.0112. The molecule has 0 N–H and O–H groups in total. The van der Waals surface area contributed by atoms with Crippen molar-refractivity contribution in [2.75, 3.05) is 4.90 Å². The van der Waals surface area contributed by atoms with Gasteiger partial charge in [0.05, 0.1) is 0 Å². The molecule has 1 heterocycles. The number of benzene rings is 1. The Kier molecular flexibility index (Phi) is 4.59. The van der Waals surface area contributed by atoms with E-state index < -0.39 is 12.1 Å². The smallest absolute Gasteiger partial charge is 0.250 e. The predicted molar refractivity (Wildman–Crippen MR) is 88.9 cm³/mol. The number of hydrogen-bond donors (Lipinski definition) is 0. The van der Waals surface area contributed by atoms with E-state index in [-0.39, 0.29) is 17.9 Å². The topological polar surface area (TPSA) is 40.6 Å². The minimum atomic E-state index is -0.464. The van der Waals surface area contributed by atoms with Gasteiger partial charge in [0.2, 0.25) is 11.8 Å². The zero-order chi connectivity index (χ0) is 16.6. The number of carbonyl (C=O) groups excluding carboxylic acids is 2. The Morgan fingerprint density at radius 1 is 0.955 bits per heavy atom. The molecule has 1 saturated heterocycles. The van der Waals surface area contributed by atoms with Crippen LogP contribution in [-0.4, -0.2) is 34.8 Å². The number of rotatable bonds is 3. The molecule has 0 radical (unpaired) electrons. The molecule has 1 aliphatic heterocycles. The maximum Gasteiger partial charge on any atom is 0.250 e. The lowest BCUT2D eigenvalue weighted by Gasteiger charge is -2.44. The fourth-order valence-electron chi connectivity index (χ4n) is 3.11. The number of piperazine rings is 1. The molecule has 2 atom stereocenters. The van der Waals surface area contributed by atoms with Gasteiger partial charge < -0.3 is 4.90 Å². The molecule has 2 unspecified atom stereocenters. The van der Waals surface area contributed by atoms with Gasteiger partial charge in [-0.05, 0) is 51.3 Å². The van der Waals surface area contributed by atoms with Crippen LogP contribution in [-0.2, 0) is 9.59 Å². The highest BCUT2D eigenvalue weighted by atomic mass is 16.2. The van der Waals surface area contributed by atoms with Crippen LogP contribution in [0.2, 0.25) is 0 Å². The fraction of sp³-hybridized carbons (Fsp3) is 0.556. The summed E-state index contributed by atoms with van der Waals surface area (Å²) >= 11 is 0. The summed E-state index contributed by atoms with van der Waals surface area (Å²) in [6.07, 6.45) is 0. The average Bonchev–Trinajstić information content (AvgIpc) is 2.45. The second-order valence-electron chi connectivity index (χ2n) is 6.65. The van der Waals surface area contributed by atoms with Crippen LogP contribution in [0.1, 0.15) is 53.0 Å². The molecule has 1 aromatic rings. The maximum absolute atomic E-state index is 12.8. The van der Waals surface area contributed by atoms with Crippen LogP contribution in [0, 0.1) is 0 Å². The molecule has 0 aromatic heterocycles. The van der Waals surface area contributed by atoms with Crippen LogP contribution in [0.15, 0.2) is 24.3 Å². The monoisotopic (exact) mass is 302 g/mol. The summed E-state index contributed by atoms with van der Waals surface area (Å²) in [4.78, 5) is 28.8. The SMILES string of the molecule is CC(C)c1cccc(N2C(=O)C(C)N(C(C)C)C(=O)C2C)c1. The van der Waals surface area contributed by atoms with Crippen molar-refractivity contribution in [3.8, 4) is 0 Å². The fourth-order valence-corrected chi connectivity index (χ4v) is 3.11. The third-order valence-electron chi connectivity index (χ3n) is 4.38. The van der Waals surface area contributed by atoms with Crippen LogP contribution in [0.25, 0.3) is 0 Å². The Labute approximate surface area is 133 Å². The zero-order valence-electron chi connectivity index (χ0n) is 14.3. The van der Waals surface area contributed by atoms with E-state index in [0.29, 0.717) is 5.92 Å². The van der Waals surface area contributed by atoms with E-state index in [1.165, 1.54) is 5.56 Å². The van der Waals surface area contributed by atoms with Gasteiger partial charge in [0.25, 0.3) is 0 Å². The largest absolute Gasteiger partial charge is 0.327 e. The summed E-state index contributed by atoms with van der Waals surface area (Å²) < 4.78 is 0. The molecule has 1 aliphatic rings. The molecular weight excluding hydrogens is 276 g/mol. The number of anilines is 1. The van der Waals surface area contributed by atoms with Crippen molar-refractivity contribution in [1.29, 1.82) is 0 Å². The van der Waals surface area contributed by atoms with Crippen molar-refractivity contribution in [2.24, 2.45) is 0 Å². The summed E-state index contributed by atoms with van der Waals surface area (Å²) in [5.74, 6) is 0.384. The first-order valence-electron chi connectivity index (χ1n) is 8.01. The van der Waals surface area contributed by atoms with Gasteiger partial charge >= 0.3 is 0 Å². The molecular formula is C18H26N2O2. The third-order valence-corrected chi connectivity index (χ3v) is 4.38. The molecule has 0 saturated carbocycles. The predicted octanol–water partition coefficient (Wildman–Crippen LogP) is 3.17. The van der Waals surface area contributed by atoms with E-state index in [1.807, 2.05) is 45.9 Å². The maximum atomic E-state index is 12.8. The molecule has 4 nitrogen and oxygen atoms in total. The summed E-state index contributed by atoms with van der Waals surface area (Å²) in [6, 6.07) is 7.07. The van der Waals surface area contributed by atoms with Crippen molar-refractivity contribution >= 4 is 17.5 Å². The number of amides is 2. The second-order valence-corrected chi connectivity index (χ2v) is 6.65. The molecule has 0 spiro atoms. The number of carbonyl (C=O) groups is 2. The van der Waals surface area contributed by atoms with E-state index in [9.17, 15) is 9.59 Å². The Morgan fingerprint density at radius 2 is 1.59 bits per heavy atom. The van der Waals surface area contributed by atoms with Crippen molar-refractivity contribution < 1.29 is 9.59 Å². The Morgan fingerprint density at radius 3 is 2.14 bits per heavy atom. The van der Waals surface area contributed by atoms with Gasteiger partial charge in [0.15, 0.2) is 0 Å². The van der Waals surface area contributed by atoms with E-state index in [1.54, 1.807) is 9.80 Å². The summed E-state index contributed by atoms with van der Waals surface area (Å²) in [5.41, 5.74) is 1.98. The second kappa shape index (κ2) is 6.11. The van der Waals surface area contributed by atoms with Crippen molar-refractivity contribution in [3.63, 3.8) is 0 Å². The normalized spacial score (nSPS) is 22.9. The van der Waals surface area contributed by atoms with E-state index in [0.717, 1.165) is 5.69 Å². The molecule has 1 fully saturated rings. The zero-order valence-corrected chi connectivity index (χ0v) is 14.3. The van der Waals surface area contributed by atoms with Crippen LogP contribution < -0.4 is 4.90 Å². The first-order chi connectivity index (χ1) is 10.3. The van der Waals surface area contributed by atoms with E-state index in [4.69, 9.17) is 0 Å². The molecule has 2 rings (SSSR count). The third kappa shape index (κ3) is 2.74. The van der Waals surface area contributed by atoms with E-state index >= 15 is 0 Å². The highest BCUT2D eigenvalue weighted by Gasteiger charge is 2.43. The molecule has 4 heteroatoms. The van der Waals surface area contributed by atoms with Gasteiger partial charge in [0, 0.05) is 11.7 Å². The molecule has 2 amide bonds. The van der Waals surface area contributed by atoms with Crippen LogP contribution >= 0.6 is 0 Å². The molecule has 0 aliphatic carbocycles. The van der Waals surface area contributed by atoms with Crippen LogP contribution in [0.4, 0.5) is 5.69 Å². The van der Waals surface area contributed by atoms with Gasteiger partial charge in [-0.15, -0.1) is 0 Å². The highest BCUT2D eigenvalue weighted by Crippen LogP contribution is 2.28. The van der Waals surface area contributed by atoms with Gasteiger partial charge in [-0.25, -0.2) is 0 Å². The van der Waals surface area contributed by atoms with Gasteiger partial charge in [0.1, 0.15) is 12.1 Å². The Hall–Kier alpha value is -1.84. The standard InChI is InChI=1S/C18H26N2O2/c1-11(2)15-8-7-9-16(10-15)20-14(6)17(21)19(12(3)4)13(5)18(20)22/h7-14H,1-6H3. The van der Waals surface area contributed by atoms with Gasteiger partial charge in [-0.3, -0.25) is 14.5 Å². The first kappa shape index (κ1) is 16.5. The Bertz CT molecular complexity index is 580. The quantitative estimate of drug-likeness (QED) is 0.860. The van der Waals surface area contributed by atoms with Crippen LogP contribution in [0.5, 0.6) is 0 Å². The summed E-state index contributed by atoms with van der Waals surface area (Å²) in [5, 5.41) is 0. The lowest BCUT2D eigenvalue weighted by molar-refractivity contribution is -0.147. The van der Waals surface area contributed by atoms with Crippen LogP contribution in [0.3, 0.4) is 0 Å². The lowest BCUT2D eigenvalue weighted by Crippen LogP contribution is -2.64. The number of hydrogen-bond acceptors (Lipinski definition) is 2.